The second-order valence-electron chi connectivity index (χ2n) is 7.76. The molecule has 0 aromatic heterocycles. The molecule has 0 radical (unpaired) electrons. The summed E-state index contributed by atoms with van der Waals surface area (Å²) in [7, 11) is -3.25. The quantitative estimate of drug-likeness (QED) is 0.817. The molecule has 2 N–H and O–H groups in total. The third-order valence-electron chi connectivity index (χ3n) is 5.99. The molecule has 5 nitrogen and oxygen atoms in total. The van der Waals surface area contributed by atoms with Gasteiger partial charge in [0.2, 0.25) is 0 Å². The molecule has 2 saturated heterocycles. The van der Waals surface area contributed by atoms with E-state index in [4.69, 9.17) is 0 Å². The van der Waals surface area contributed by atoms with Crippen molar-refractivity contribution in [3.05, 3.63) is 29.8 Å². The Hall–Kier alpha value is -1.11. The second-order valence-corrected chi connectivity index (χ2v) is 9.98. The molecular weight excluding hydrogens is 372 g/mol. The van der Waals surface area contributed by atoms with Gasteiger partial charge in [0, 0.05) is 23.7 Å². The summed E-state index contributed by atoms with van der Waals surface area (Å²) in [5.41, 5.74) is 0.538. The maximum Gasteiger partial charge on any atom is 0.251 e. The van der Waals surface area contributed by atoms with Gasteiger partial charge in [-0.2, -0.15) is 0 Å². The number of sulfone groups is 1. The van der Waals surface area contributed by atoms with Crippen LogP contribution in [-0.4, -0.2) is 37.7 Å². The number of nitrogens with one attached hydrogen (secondary N) is 2. The highest BCUT2D eigenvalue weighted by Crippen LogP contribution is 2.30. The highest BCUT2D eigenvalue weighted by Gasteiger charge is 2.34. The molecule has 1 amide bonds. The first-order valence-corrected chi connectivity index (χ1v) is 11.0. The Morgan fingerprint density at radius 2 is 1.54 bits per heavy atom. The number of rotatable bonds is 4. The minimum Gasteiger partial charge on any atom is -0.349 e. The van der Waals surface area contributed by atoms with Gasteiger partial charge in [0.15, 0.2) is 9.84 Å². The van der Waals surface area contributed by atoms with Gasteiger partial charge in [-0.3, -0.25) is 4.79 Å². The van der Waals surface area contributed by atoms with Crippen LogP contribution in [0.15, 0.2) is 29.2 Å². The molecule has 144 valence electrons. The Bertz CT molecular complexity index is 733. The minimum atomic E-state index is -3.25. The van der Waals surface area contributed by atoms with E-state index in [0.29, 0.717) is 22.5 Å². The summed E-state index contributed by atoms with van der Waals surface area (Å²) in [6.45, 7) is 0. The van der Waals surface area contributed by atoms with E-state index in [1.54, 1.807) is 24.3 Å². The van der Waals surface area contributed by atoms with E-state index in [9.17, 15) is 13.2 Å². The highest BCUT2D eigenvalue weighted by molar-refractivity contribution is 7.92. The summed E-state index contributed by atoms with van der Waals surface area (Å²) < 4.78 is 25.2. The molecule has 2 aliphatic heterocycles. The summed E-state index contributed by atoms with van der Waals surface area (Å²) in [5.74, 6) is -0.101. The third-order valence-corrected chi connectivity index (χ3v) is 8.27. The maximum atomic E-state index is 12.6. The maximum absolute atomic E-state index is 12.6. The molecule has 2 unspecified atom stereocenters. The molecule has 0 spiro atoms. The molecule has 3 aliphatic rings. The average molecular weight is 399 g/mol. The van der Waals surface area contributed by atoms with Gasteiger partial charge in [-0.25, -0.2) is 8.42 Å². The monoisotopic (exact) mass is 398 g/mol. The summed E-state index contributed by atoms with van der Waals surface area (Å²) in [5, 5.41) is 6.43. The molecular formula is C19H27ClN2O3S. The summed E-state index contributed by atoms with van der Waals surface area (Å²) in [4.78, 5) is 12.8. The van der Waals surface area contributed by atoms with E-state index < -0.39 is 9.84 Å². The molecule has 2 bridgehead atoms. The van der Waals surface area contributed by atoms with Crippen LogP contribution < -0.4 is 10.6 Å². The fourth-order valence-electron chi connectivity index (χ4n) is 4.63. The molecule has 4 rings (SSSR count). The normalized spacial score (nSPS) is 28.5. The molecule has 1 saturated carbocycles. The number of amides is 1. The van der Waals surface area contributed by atoms with E-state index >= 15 is 0 Å². The summed E-state index contributed by atoms with van der Waals surface area (Å²) >= 11 is 0. The molecule has 26 heavy (non-hydrogen) atoms. The van der Waals surface area contributed by atoms with Crippen LogP contribution in [0, 0.1) is 0 Å². The van der Waals surface area contributed by atoms with Crippen molar-refractivity contribution < 1.29 is 13.2 Å². The minimum absolute atomic E-state index is 0. The van der Waals surface area contributed by atoms with Crippen LogP contribution in [-0.2, 0) is 9.84 Å². The van der Waals surface area contributed by atoms with Gasteiger partial charge >= 0.3 is 0 Å². The molecule has 1 aliphatic carbocycles. The Labute approximate surface area is 161 Å². The van der Waals surface area contributed by atoms with Crippen molar-refractivity contribution in [2.24, 2.45) is 0 Å². The lowest BCUT2D eigenvalue weighted by Gasteiger charge is -2.29. The SMILES string of the molecule is Cl.O=C(NC1CC2CCC(C1)N2)c1ccc(S(=O)(=O)C2CCCC2)cc1. The second kappa shape index (κ2) is 7.87. The number of hydrogen-bond acceptors (Lipinski definition) is 4. The number of halogens is 1. The number of benzene rings is 1. The molecule has 2 atom stereocenters. The standard InChI is InChI=1S/C19H26N2O3S.ClH/c22-19(21-16-11-14-7-8-15(12-16)20-14)13-5-9-18(10-6-13)25(23,24)17-3-1-2-4-17;/h5-6,9-10,14-17,20H,1-4,7-8,11-12H2,(H,21,22);1H. The lowest BCUT2D eigenvalue weighted by Crippen LogP contribution is -2.48. The number of carbonyl (C=O) groups excluding carboxylic acids is 1. The largest absolute Gasteiger partial charge is 0.349 e. The van der Waals surface area contributed by atoms with Gasteiger partial charge in [-0.05, 0) is 62.8 Å². The van der Waals surface area contributed by atoms with Crippen LogP contribution in [0.1, 0.15) is 61.7 Å². The Morgan fingerprint density at radius 1 is 0.962 bits per heavy atom. The Balaban J connectivity index is 0.00000196. The fourth-order valence-corrected chi connectivity index (χ4v) is 6.49. The van der Waals surface area contributed by atoms with Crippen LogP contribution in [0.5, 0.6) is 0 Å². The molecule has 3 fully saturated rings. The van der Waals surface area contributed by atoms with E-state index in [-0.39, 0.29) is 29.6 Å². The number of piperidine rings is 1. The van der Waals surface area contributed by atoms with Crippen molar-refractivity contribution in [3.63, 3.8) is 0 Å². The van der Waals surface area contributed by atoms with E-state index in [1.807, 2.05) is 0 Å². The first-order valence-electron chi connectivity index (χ1n) is 9.43. The van der Waals surface area contributed by atoms with Crippen molar-refractivity contribution in [1.82, 2.24) is 10.6 Å². The topological polar surface area (TPSA) is 75.3 Å². The zero-order chi connectivity index (χ0) is 17.4. The average Bonchev–Trinajstić information content (AvgIpc) is 3.25. The van der Waals surface area contributed by atoms with E-state index in [0.717, 1.165) is 38.5 Å². The lowest BCUT2D eigenvalue weighted by molar-refractivity contribution is 0.0924. The van der Waals surface area contributed by atoms with Gasteiger partial charge in [-0.1, -0.05) is 12.8 Å². The van der Waals surface area contributed by atoms with Crippen LogP contribution in [0.2, 0.25) is 0 Å². The summed E-state index contributed by atoms with van der Waals surface area (Å²) in [6, 6.07) is 7.75. The van der Waals surface area contributed by atoms with Crippen molar-refractivity contribution in [2.45, 2.75) is 79.6 Å². The Kier molecular flexibility index (Phi) is 5.94. The van der Waals surface area contributed by atoms with Crippen molar-refractivity contribution in [2.75, 3.05) is 0 Å². The van der Waals surface area contributed by atoms with E-state index in [1.165, 1.54) is 12.8 Å². The zero-order valence-corrected chi connectivity index (χ0v) is 16.4. The van der Waals surface area contributed by atoms with Gasteiger partial charge in [0.05, 0.1) is 10.1 Å². The van der Waals surface area contributed by atoms with Crippen LogP contribution in [0.25, 0.3) is 0 Å². The molecule has 7 heteroatoms. The van der Waals surface area contributed by atoms with Gasteiger partial charge in [0.1, 0.15) is 0 Å². The zero-order valence-electron chi connectivity index (χ0n) is 14.8. The molecule has 1 aromatic carbocycles. The van der Waals surface area contributed by atoms with Crippen LogP contribution >= 0.6 is 12.4 Å². The first kappa shape index (κ1) is 19.6. The molecule has 1 aromatic rings. The highest BCUT2D eigenvalue weighted by atomic mass is 35.5. The predicted octanol–water partition coefficient (Wildman–Crippen LogP) is 2.84. The third kappa shape index (κ3) is 3.92. The van der Waals surface area contributed by atoms with Crippen LogP contribution in [0.4, 0.5) is 0 Å². The van der Waals surface area contributed by atoms with E-state index in [2.05, 4.69) is 10.6 Å². The van der Waals surface area contributed by atoms with Gasteiger partial charge < -0.3 is 10.6 Å². The van der Waals surface area contributed by atoms with Crippen molar-refractivity contribution in [3.8, 4) is 0 Å². The Morgan fingerprint density at radius 3 is 2.12 bits per heavy atom. The predicted molar refractivity (Wildman–Crippen MR) is 104 cm³/mol. The van der Waals surface area contributed by atoms with Crippen LogP contribution in [0.3, 0.4) is 0 Å². The van der Waals surface area contributed by atoms with Gasteiger partial charge in [-0.15, -0.1) is 12.4 Å². The fraction of sp³-hybridized carbons (Fsp3) is 0.632. The van der Waals surface area contributed by atoms with Gasteiger partial charge in [0.25, 0.3) is 5.91 Å². The lowest BCUT2D eigenvalue weighted by atomic mass is 9.99. The smallest absolute Gasteiger partial charge is 0.251 e. The number of hydrogen-bond donors (Lipinski definition) is 2. The summed E-state index contributed by atoms with van der Waals surface area (Å²) in [6.07, 6.45) is 7.85. The van der Waals surface area contributed by atoms with Crippen molar-refractivity contribution >= 4 is 28.2 Å². The first-order chi connectivity index (χ1) is 12.0. The number of carbonyl (C=O) groups is 1. The number of fused-ring (bicyclic) bond motifs is 2. The molecule has 2 heterocycles. The van der Waals surface area contributed by atoms with Crippen molar-refractivity contribution in [1.29, 1.82) is 0 Å².